The van der Waals surface area contributed by atoms with Crippen molar-refractivity contribution in [2.75, 3.05) is 24.9 Å². The summed E-state index contributed by atoms with van der Waals surface area (Å²) in [6, 6.07) is 27.3. The molecular weight excluding hydrogens is 640 g/mol. The van der Waals surface area contributed by atoms with Crippen LogP contribution in [0.4, 0.5) is 23.0 Å². The summed E-state index contributed by atoms with van der Waals surface area (Å²) in [5.74, 6) is 0.686. The van der Waals surface area contributed by atoms with Crippen molar-refractivity contribution in [3.05, 3.63) is 138 Å². The molecule has 13 heteroatoms. The van der Waals surface area contributed by atoms with E-state index in [1.54, 1.807) is 29.5 Å². The second kappa shape index (κ2) is 16.7. The molecule has 2 aromatic carbocycles. The van der Waals surface area contributed by atoms with Gasteiger partial charge in [0.15, 0.2) is 5.69 Å². The normalized spacial score (nSPS) is 9.84. The number of aromatic amines is 1. The van der Waals surface area contributed by atoms with Crippen LogP contribution in [0.15, 0.2) is 127 Å². The topological polar surface area (TPSA) is 149 Å². The van der Waals surface area contributed by atoms with Gasteiger partial charge in [-0.25, -0.2) is 29.5 Å². The molecule has 45 heavy (non-hydrogen) atoms. The highest BCUT2D eigenvalue weighted by atomic mass is 79.9. The Morgan fingerprint density at radius 1 is 0.778 bits per heavy atom. The van der Waals surface area contributed by atoms with Crippen LogP contribution in [0.25, 0.3) is 5.69 Å². The van der Waals surface area contributed by atoms with E-state index in [2.05, 4.69) is 61.0 Å². The molecule has 0 aliphatic carbocycles. The number of para-hydroxylation sites is 2. The fourth-order valence-electron chi connectivity index (χ4n) is 3.61. The largest absolute Gasteiger partial charge is 0.464 e. The molecule has 0 saturated heterocycles. The van der Waals surface area contributed by atoms with Crippen molar-refractivity contribution in [3.8, 4) is 5.69 Å². The van der Waals surface area contributed by atoms with Gasteiger partial charge in [0.1, 0.15) is 23.7 Å². The number of H-pyrrole nitrogens is 1. The van der Waals surface area contributed by atoms with Crippen LogP contribution in [0.3, 0.4) is 0 Å². The maximum atomic E-state index is 11.4. The minimum Gasteiger partial charge on any atom is -0.464 e. The summed E-state index contributed by atoms with van der Waals surface area (Å²) >= 11 is 3.40. The third-order valence-corrected chi connectivity index (χ3v) is 6.23. The number of imidazole rings is 2. The van der Waals surface area contributed by atoms with Crippen LogP contribution in [0.5, 0.6) is 0 Å². The van der Waals surface area contributed by atoms with Gasteiger partial charge in [-0.15, -0.1) is 0 Å². The van der Waals surface area contributed by atoms with Gasteiger partial charge in [0.25, 0.3) is 0 Å². The molecule has 3 N–H and O–H groups in total. The number of carbonyl (C=O) groups excluding carboxylic acids is 2. The third-order valence-electron chi connectivity index (χ3n) is 5.74. The molecule has 0 atom stereocenters. The van der Waals surface area contributed by atoms with Gasteiger partial charge in [0, 0.05) is 40.5 Å². The highest BCUT2D eigenvalue weighted by Crippen LogP contribution is 2.18. The van der Waals surface area contributed by atoms with E-state index >= 15 is 0 Å². The Morgan fingerprint density at radius 3 is 1.93 bits per heavy atom. The van der Waals surface area contributed by atoms with Gasteiger partial charge in [0.2, 0.25) is 0 Å². The fraction of sp³-hybridized carbons (Fsp3) is 0.0625. The molecule has 0 aliphatic rings. The number of aromatic nitrogens is 6. The number of anilines is 4. The summed E-state index contributed by atoms with van der Waals surface area (Å²) in [6.45, 7) is 0. The highest BCUT2D eigenvalue weighted by Gasteiger charge is 2.10. The molecule has 0 spiro atoms. The first-order valence-electron chi connectivity index (χ1n) is 13.4. The fourth-order valence-corrected chi connectivity index (χ4v) is 3.95. The van der Waals surface area contributed by atoms with Gasteiger partial charge in [-0.2, -0.15) is 0 Å². The first-order chi connectivity index (χ1) is 21.9. The standard InChI is InChI=1S/C16H14N4O2.C11H9BrN2.C5H6N2O2/c1-22-16(21)14-10-20(11-18-14)13-7-8-17-15(9-13)19-12-5-3-2-4-6-12;12-9-6-7-13-11(8-9)14-10-4-2-1-3-5-10;1-9-5(8)4-2-6-3-7-4/h2-11H,1H3,(H,17,19);1-8H,(H,13,14);2-3H,1H3,(H,6,7). The number of methoxy groups -OCH3 is 2. The number of nitrogens with one attached hydrogen (secondary N) is 3. The summed E-state index contributed by atoms with van der Waals surface area (Å²) in [6.07, 6.45) is 9.47. The summed E-state index contributed by atoms with van der Waals surface area (Å²) < 4.78 is 11.8. The molecule has 0 fully saturated rings. The quantitative estimate of drug-likeness (QED) is 0.159. The lowest BCUT2D eigenvalue weighted by molar-refractivity contribution is 0.0586. The highest BCUT2D eigenvalue weighted by molar-refractivity contribution is 9.10. The Bertz CT molecular complexity index is 1780. The number of pyridine rings is 2. The van der Waals surface area contributed by atoms with E-state index in [4.69, 9.17) is 0 Å². The van der Waals surface area contributed by atoms with Crippen molar-refractivity contribution in [1.82, 2.24) is 29.5 Å². The van der Waals surface area contributed by atoms with E-state index in [1.165, 1.54) is 26.7 Å². The second-order valence-corrected chi connectivity index (χ2v) is 9.77. The molecule has 4 heterocycles. The number of nitrogens with zero attached hydrogens (tertiary/aromatic N) is 5. The molecule has 12 nitrogen and oxygen atoms in total. The van der Waals surface area contributed by atoms with Crippen LogP contribution in [-0.4, -0.2) is 55.6 Å². The van der Waals surface area contributed by atoms with Crippen molar-refractivity contribution >= 4 is 50.9 Å². The minimum absolute atomic E-state index is 0.261. The molecule has 0 bridgehead atoms. The number of benzene rings is 2. The van der Waals surface area contributed by atoms with Crippen LogP contribution in [0.2, 0.25) is 0 Å². The number of ether oxygens (including phenoxy) is 2. The van der Waals surface area contributed by atoms with Gasteiger partial charge in [0.05, 0.1) is 32.4 Å². The Labute approximate surface area is 267 Å². The molecule has 6 rings (SSSR count). The first kappa shape index (κ1) is 32.1. The SMILES string of the molecule is Brc1ccnc(Nc2ccccc2)c1.COC(=O)c1cn(-c2ccnc(Nc3ccccc3)c2)cn1.COC(=O)c1cnc[nH]1. The van der Waals surface area contributed by atoms with E-state index in [-0.39, 0.29) is 5.69 Å². The number of hydrogen-bond donors (Lipinski definition) is 3. The zero-order valence-corrected chi connectivity index (χ0v) is 25.9. The van der Waals surface area contributed by atoms with Crippen molar-refractivity contribution in [3.63, 3.8) is 0 Å². The van der Waals surface area contributed by atoms with Crippen LogP contribution in [0.1, 0.15) is 21.0 Å². The molecule has 4 aromatic heterocycles. The predicted octanol–water partition coefficient (Wildman–Crippen LogP) is 6.58. The average Bonchev–Trinajstić information content (AvgIpc) is 3.80. The zero-order chi connectivity index (χ0) is 31.9. The summed E-state index contributed by atoms with van der Waals surface area (Å²) in [4.78, 5) is 40.8. The third kappa shape index (κ3) is 10.1. The lowest BCUT2D eigenvalue weighted by Gasteiger charge is -2.07. The maximum absolute atomic E-state index is 11.4. The van der Waals surface area contributed by atoms with E-state index in [1.807, 2.05) is 84.9 Å². The van der Waals surface area contributed by atoms with Crippen LogP contribution >= 0.6 is 15.9 Å². The molecule has 0 saturated carbocycles. The number of esters is 2. The first-order valence-corrected chi connectivity index (χ1v) is 14.2. The lowest BCUT2D eigenvalue weighted by atomic mass is 10.3. The lowest BCUT2D eigenvalue weighted by Crippen LogP contribution is -2.01. The molecule has 0 radical (unpaired) electrons. The van der Waals surface area contributed by atoms with Crippen molar-refractivity contribution < 1.29 is 19.1 Å². The Hall–Kier alpha value is -5.82. The van der Waals surface area contributed by atoms with Gasteiger partial charge in [-0.05, 0) is 42.5 Å². The summed E-state index contributed by atoms with van der Waals surface area (Å²) in [5.41, 5.74) is 3.47. The van der Waals surface area contributed by atoms with Gasteiger partial charge in [-0.3, -0.25) is 0 Å². The number of halogens is 1. The molecule has 228 valence electrons. The summed E-state index contributed by atoms with van der Waals surface area (Å²) in [7, 11) is 2.65. The minimum atomic E-state index is -0.463. The van der Waals surface area contributed by atoms with Crippen molar-refractivity contribution in [2.45, 2.75) is 0 Å². The van der Waals surface area contributed by atoms with E-state index in [0.717, 1.165) is 27.4 Å². The molecule has 0 aliphatic heterocycles. The predicted molar refractivity (Wildman–Crippen MR) is 174 cm³/mol. The average molecular weight is 670 g/mol. The Balaban J connectivity index is 0.000000171. The van der Waals surface area contributed by atoms with Crippen LogP contribution in [0, 0.1) is 0 Å². The maximum Gasteiger partial charge on any atom is 0.358 e. The van der Waals surface area contributed by atoms with Crippen molar-refractivity contribution in [2.24, 2.45) is 0 Å². The van der Waals surface area contributed by atoms with E-state index in [0.29, 0.717) is 11.5 Å². The van der Waals surface area contributed by atoms with E-state index in [9.17, 15) is 9.59 Å². The molecule has 0 amide bonds. The second-order valence-electron chi connectivity index (χ2n) is 8.86. The van der Waals surface area contributed by atoms with Gasteiger partial charge in [-0.1, -0.05) is 52.3 Å². The van der Waals surface area contributed by atoms with Gasteiger partial charge < -0.3 is 29.7 Å². The van der Waals surface area contributed by atoms with Crippen LogP contribution < -0.4 is 10.6 Å². The number of rotatable bonds is 7. The Kier molecular flexibility index (Phi) is 11.9. The molecule has 6 aromatic rings. The molecular formula is C32H29BrN8O4. The van der Waals surface area contributed by atoms with Gasteiger partial charge >= 0.3 is 11.9 Å². The number of carbonyl (C=O) groups is 2. The number of hydrogen-bond acceptors (Lipinski definition) is 10. The molecule has 0 unspecified atom stereocenters. The van der Waals surface area contributed by atoms with Crippen molar-refractivity contribution in [1.29, 1.82) is 0 Å². The zero-order valence-electron chi connectivity index (χ0n) is 24.3. The Morgan fingerprint density at radius 2 is 1.38 bits per heavy atom. The van der Waals surface area contributed by atoms with Crippen LogP contribution in [-0.2, 0) is 9.47 Å². The van der Waals surface area contributed by atoms with E-state index < -0.39 is 11.9 Å². The monoisotopic (exact) mass is 668 g/mol. The summed E-state index contributed by atoms with van der Waals surface area (Å²) in [5, 5.41) is 6.42. The smallest absolute Gasteiger partial charge is 0.358 e.